The summed E-state index contributed by atoms with van der Waals surface area (Å²) in [4.78, 5) is 50.8. The molecule has 0 bridgehead atoms. The van der Waals surface area contributed by atoms with Gasteiger partial charge in [-0.2, -0.15) is 0 Å². The quantitative estimate of drug-likeness (QED) is 0.331. The van der Waals surface area contributed by atoms with Crippen molar-refractivity contribution in [3.63, 3.8) is 0 Å². The number of carbonyl (C=O) groups excluding carboxylic acids is 3. The van der Waals surface area contributed by atoms with Gasteiger partial charge in [0.1, 0.15) is 6.04 Å². The smallest absolute Gasteiger partial charge is 0.270 e. The molecule has 3 amide bonds. The van der Waals surface area contributed by atoms with E-state index in [-0.39, 0.29) is 29.5 Å². The van der Waals surface area contributed by atoms with E-state index in [9.17, 15) is 24.5 Å². The van der Waals surface area contributed by atoms with E-state index >= 15 is 0 Å². The molecule has 0 saturated carbocycles. The summed E-state index contributed by atoms with van der Waals surface area (Å²) in [7, 11) is 0. The van der Waals surface area contributed by atoms with Gasteiger partial charge < -0.3 is 10.3 Å². The Kier molecular flexibility index (Phi) is 6.83. The Morgan fingerprint density at radius 2 is 1.78 bits per heavy atom. The lowest BCUT2D eigenvalue weighted by atomic mass is 10.0. The van der Waals surface area contributed by atoms with Crippen LogP contribution in [0.5, 0.6) is 0 Å². The zero-order valence-electron chi connectivity index (χ0n) is 17.5. The fraction of sp³-hybridized carbons (Fsp3) is 0.227. The van der Waals surface area contributed by atoms with Crippen LogP contribution in [0.25, 0.3) is 10.9 Å². The third-order valence-corrected chi connectivity index (χ3v) is 4.87. The monoisotopic (exact) mass is 437 g/mol. The van der Waals surface area contributed by atoms with Gasteiger partial charge in [0.05, 0.1) is 4.92 Å². The van der Waals surface area contributed by atoms with E-state index in [4.69, 9.17) is 0 Å². The van der Waals surface area contributed by atoms with E-state index in [0.717, 1.165) is 22.5 Å². The van der Waals surface area contributed by atoms with E-state index in [1.165, 1.54) is 18.2 Å². The number of carbonyl (C=O) groups is 3. The molecule has 0 aliphatic heterocycles. The highest BCUT2D eigenvalue weighted by Gasteiger charge is 2.24. The fourth-order valence-electron chi connectivity index (χ4n) is 3.11. The van der Waals surface area contributed by atoms with Crippen molar-refractivity contribution >= 4 is 34.3 Å². The van der Waals surface area contributed by atoms with E-state index < -0.39 is 22.8 Å². The topological polar surface area (TPSA) is 146 Å². The number of amides is 3. The van der Waals surface area contributed by atoms with Gasteiger partial charge in [0, 0.05) is 47.1 Å². The number of nitrogens with zero attached hydrogens (tertiary/aromatic N) is 1. The molecular formula is C22H23N5O5. The van der Waals surface area contributed by atoms with E-state index in [1.807, 2.05) is 24.3 Å². The van der Waals surface area contributed by atoms with Crippen LogP contribution in [0.3, 0.4) is 0 Å². The summed E-state index contributed by atoms with van der Waals surface area (Å²) in [6.07, 6.45) is 1.97. The molecule has 166 valence electrons. The molecule has 32 heavy (non-hydrogen) atoms. The third kappa shape index (κ3) is 5.28. The largest absolute Gasteiger partial charge is 0.361 e. The Labute approximate surface area is 183 Å². The van der Waals surface area contributed by atoms with Crippen LogP contribution in [0.4, 0.5) is 5.69 Å². The van der Waals surface area contributed by atoms with Crippen molar-refractivity contribution in [3.8, 4) is 0 Å². The number of nitro groups is 1. The van der Waals surface area contributed by atoms with Gasteiger partial charge in [-0.05, 0) is 17.7 Å². The first-order valence-electron chi connectivity index (χ1n) is 9.96. The highest BCUT2D eigenvalue weighted by atomic mass is 16.6. The molecule has 2 aromatic carbocycles. The first-order valence-corrected chi connectivity index (χ1v) is 9.96. The summed E-state index contributed by atoms with van der Waals surface area (Å²) in [6, 6.07) is 11.7. The maximum absolute atomic E-state index is 12.8. The molecule has 0 fully saturated rings. The molecule has 10 nitrogen and oxygen atoms in total. The second-order valence-electron chi connectivity index (χ2n) is 7.53. The summed E-state index contributed by atoms with van der Waals surface area (Å²) in [5.74, 6) is -1.99. The van der Waals surface area contributed by atoms with Crippen molar-refractivity contribution in [1.29, 1.82) is 0 Å². The predicted octanol–water partition coefficient (Wildman–Crippen LogP) is 2.22. The van der Waals surface area contributed by atoms with Crippen LogP contribution in [0.15, 0.2) is 54.7 Å². The minimum atomic E-state index is -0.950. The average molecular weight is 437 g/mol. The molecule has 1 unspecified atom stereocenters. The lowest BCUT2D eigenvalue weighted by Crippen LogP contribution is -2.53. The molecule has 3 rings (SSSR count). The first kappa shape index (κ1) is 22.5. The van der Waals surface area contributed by atoms with Crippen molar-refractivity contribution in [3.05, 3.63) is 76.0 Å². The summed E-state index contributed by atoms with van der Waals surface area (Å²) < 4.78 is 0. The van der Waals surface area contributed by atoms with Gasteiger partial charge in [-0.15, -0.1) is 0 Å². The second kappa shape index (κ2) is 9.73. The second-order valence-corrected chi connectivity index (χ2v) is 7.53. The predicted molar refractivity (Wildman–Crippen MR) is 117 cm³/mol. The molecule has 1 heterocycles. The number of H-pyrrole nitrogens is 1. The van der Waals surface area contributed by atoms with Crippen LogP contribution < -0.4 is 16.2 Å². The molecule has 0 spiro atoms. The van der Waals surface area contributed by atoms with Crippen LogP contribution >= 0.6 is 0 Å². The Hall–Kier alpha value is -4.21. The molecule has 0 aliphatic carbocycles. The lowest BCUT2D eigenvalue weighted by Gasteiger charge is -2.20. The maximum atomic E-state index is 12.8. The summed E-state index contributed by atoms with van der Waals surface area (Å²) >= 11 is 0. The van der Waals surface area contributed by atoms with E-state index in [0.29, 0.717) is 0 Å². The Balaban J connectivity index is 1.73. The van der Waals surface area contributed by atoms with Crippen molar-refractivity contribution in [2.24, 2.45) is 5.92 Å². The molecule has 3 aromatic rings. The molecule has 0 radical (unpaired) electrons. The minimum Gasteiger partial charge on any atom is -0.361 e. The molecule has 0 aliphatic rings. The molecular weight excluding hydrogens is 414 g/mol. The maximum Gasteiger partial charge on any atom is 0.270 e. The normalized spacial score (nSPS) is 11.7. The van der Waals surface area contributed by atoms with Crippen LogP contribution in [-0.2, 0) is 16.0 Å². The van der Waals surface area contributed by atoms with Crippen molar-refractivity contribution in [2.45, 2.75) is 26.3 Å². The van der Waals surface area contributed by atoms with Gasteiger partial charge in [0.15, 0.2) is 0 Å². The summed E-state index contributed by atoms with van der Waals surface area (Å²) in [5, 5.41) is 14.5. The number of hydrazine groups is 1. The average Bonchev–Trinajstić information content (AvgIpc) is 3.19. The van der Waals surface area contributed by atoms with Crippen molar-refractivity contribution in [2.75, 3.05) is 0 Å². The summed E-state index contributed by atoms with van der Waals surface area (Å²) in [6.45, 7) is 3.42. The Morgan fingerprint density at radius 1 is 1.03 bits per heavy atom. The molecule has 4 N–H and O–H groups in total. The van der Waals surface area contributed by atoms with Gasteiger partial charge in [0.25, 0.3) is 17.5 Å². The zero-order chi connectivity index (χ0) is 23.3. The Morgan fingerprint density at radius 3 is 2.50 bits per heavy atom. The highest BCUT2D eigenvalue weighted by molar-refractivity contribution is 5.97. The molecule has 0 saturated heterocycles. The van der Waals surface area contributed by atoms with Crippen molar-refractivity contribution < 1.29 is 19.3 Å². The van der Waals surface area contributed by atoms with Gasteiger partial charge in [-0.1, -0.05) is 38.1 Å². The van der Waals surface area contributed by atoms with Crippen LogP contribution in [0.1, 0.15) is 29.8 Å². The van der Waals surface area contributed by atoms with Gasteiger partial charge in [-0.25, -0.2) is 0 Å². The van der Waals surface area contributed by atoms with Crippen LogP contribution in [0, 0.1) is 16.0 Å². The standard InChI is InChI=1S/C22H23N5O5/c1-13(2)20(28)24-19(11-15-12-23-18-9-4-3-8-17(15)18)22(30)26-25-21(29)14-6-5-7-16(10-14)27(31)32/h3-10,12-13,19,23H,11H2,1-2H3,(H,24,28)(H,25,29)(H,26,30). The number of fused-ring (bicyclic) bond motifs is 1. The fourth-order valence-corrected chi connectivity index (χ4v) is 3.11. The van der Waals surface area contributed by atoms with Crippen LogP contribution in [0.2, 0.25) is 0 Å². The number of nitro benzene ring substituents is 1. The number of aromatic nitrogens is 1. The number of non-ortho nitro benzene ring substituents is 1. The Bertz CT molecular complexity index is 1170. The summed E-state index contributed by atoms with van der Waals surface area (Å²) in [5.41, 5.74) is 6.04. The number of benzene rings is 2. The number of para-hydroxylation sites is 1. The zero-order valence-corrected chi connectivity index (χ0v) is 17.5. The minimum absolute atomic E-state index is 0.0129. The number of hydrogen-bond donors (Lipinski definition) is 4. The third-order valence-electron chi connectivity index (χ3n) is 4.87. The van der Waals surface area contributed by atoms with Gasteiger partial charge >= 0.3 is 0 Å². The van der Waals surface area contributed by atoms with Crippen LogP contribution in [-0.4, -0.2) is 33.7 Å². The first-order chi connectivity index (χ1) is 15.3. The van der Waals surface area contributed by atoms with Gasteiger partial charge in [-0.3, -0.25) is 35.3 Å². The van der Waals surface area contributed by atoms with E-state index in [2.05, 4.69) is 21.2 Å². The highest BCUT2D eigenvalue weighted by Crippen LogP contribution is 2.19. The van der Waals surface area contributed by atoms with Gasteiger partial charge in [0.2, 0.25) is 5.91 Å². The van der Waals surface area contributed by atoms with Crippen molar-refractivity contribution in [1.82, 2.24) is 21.2 Å². The number of nitrogens with one attached hydrogen (secondary N) is 4. The number of hydrogen-bond acceptors (Lipinski definition) is 5. The van der Waals surface area contributed by atoms with E-state index in [1.54, 1.807) is 20.0 Å². The number of aromatic amines is 1. The molecule has 1 aromatic heterocycles. The number of rotatable bonds is 7. The lowest BCUT2D eigenvalue weighted by molar-refractivity contribution is -0.384. The molecule has 1 atom stereocenters. The molecule has 10 heteroatoms. The SMILES string of the molecule is CC(C)C(=O)NC(Cc1c[nH]c2ccccc12)C(=O)NNC(=O)c1cccc([N+](=O)[O-])c1.